The highest BCUT2D eigenvalue weighted by atomic mass is 19.4. The Morgan fingerprint density at radius 3 is 2.50 bits per heavy atom. The van der Waals surface area contributed by atoms with Crippen LogP contribution in [-0.4, -0.2) is 41.4 Å². The molecule has 1 aromatic heterocycles. The summed E-state index contributed by atoms with van der Waals surface area (Å²) < 4.78 is 82.3. The van der Waals surface area contributed by atoms with Crippen molar-refractivity contribution < 1.29 is 50.7 Å². The minimum atomic E-state index is -4.91. The summed E-state index contributed by atoms with van der Waals surface area (Å²) in [5.74, 6) is -8.07. The number of carbonyl (C=O) groups is 2. The van der Waals surface area contributed by atoms with Crippen LogP contribution in [-0.2, 0) is 16.3 Å². The van der Waals surface area contributed by atoms with Crippen LogP contribution in [0.4, 0.5) is 27.6 Å². The first-order valence-corrected chi connectivity index (χ1v) is 10.9. The van der Waals surface area contributed by atoms with Crippen LogP contribution >= 0.6 is 0 Å². The molecule has 1 fully saturated rings. The smallest absolute Gasteiger partial charge is 0.417 e. The quantitative estimate of drug-likeness (QED) is 0.385. The van der Waals surface area contributed by atoms with Gasteiger partial charge in [-0.15, -0.1) is 0 Å². The molecule has 0 unspecified atom stereocenters. The van der Waals surface area contributed by atoms with E-state index < -0.39 is 65.6 Å². The number of nitrogens with two attached hydrogens (primary N) is 1. The molecule has 3 rings (SSSR count). The first-order valence-electron chi connectivity index (χ1n) is 10.9. The van der Waals surface area contributed by atoms with Gasteiger partial charge in [-0.25, -0.2) is 4.39 Å². The predicted molar refractivity (Wildman–Crippen MR) is 115 cm³/mol. The van der Waals surface area contributed by atoms with E-state index in [4.69, 9.17) is 15.2 Å². The number of nitrogens with one attached hydrogen (secondary N) is 1. The Morgan fingerprint density at radius 1 is 1.28 bits per heavy atom. The Morgan fingerprint density at radius 2 is 1.94 bits per heavy atom. The van der Waals surface area contributed by atoms with E-state index >= 15 is 0 Å². The molecule has 1 aliphatic rings. The molecule has 36 heavy (non-hydrogen) atoms. The Balaban J connectivity index is 2.09. The zero-order chi connectivity index (χ0) is 27.0. The zero-order valence-corrected chi connectivity index (χ0v) is 19.5. The van der Waals surface area contributed by atoms with Crippen molar-refractivity contribution in [2.45, 2.75) is 51.3 Å². The monoisotopic (exact) mass is 518 g/mol. The van der Waals surface area contributed by atoms with Gasteiger partial charge in [0.1, 0.15) is 6.10 Å². The molecule has 196 valence electrons. The fraction of sp³-hybridized carbons (Fsp3) is 0.435. The minimum absolute atomic E-state index is 0.0237. The third-order valence-corrected chi connectivity index (χ3v) is 6.36. The molecule has 4 N–H and O–H groups in total. The van der Waals surface area contributed by atoms with Gasteiger partial charge in [0, 0.05) is 29.5 Å². The number of ether oxygens (including phenoxy) is 2. The number of pyridine rings is 1. The van der Waals surface area contributed by atoms with Gasteiger partial charge >= 0.3 is 12.1 Å². The third kappa shape index (κ3) is 4.72. The lowest BCUT2D eigenvalue weighted by molar-refractivity contribution is -0.731. The van der Waals surface area contributed by atoms with Crippen LogP contribution in [0.5, 0.6) is 5.75 Å². The molecule has 2 amide bonds. The first-order chi connectivity index (χ1) is 16.8. The fourth-order valence-corrected chi connectivity index (χ4v) is 4.28. The van der Waals surface area contributed by atoms with Crippen molar-refractivity contribution in [2.24, 2.45) is 11.7 Å². The number of aliphatic hydroxyl groups excluding tert-OH is 1. The Hall–Kier alpha value is -3.32. The predicted octanol–water partition coefficient (Wildman–Crippen LogP) is 2.78. The number of nitrogens with zero attached hydrogens (tertiary/aromatic N) is 1. The van der Waals surface area contributed by atoms with E-state index in [0.29, 0.717) is 0 Å². The van der Waals surface area contributed by atoms with Gasteiger partial charge in [0.2, 0.25) is 5.82 Å². The number of aromatic nitrogens is 1. The van der Waals surface area contributed by atoms with Crippen molar-refractivity contribution in [1.82, 2.24) is 0 Å². The maximum Gasteiger partial charge on any atom is 0.417 e. The van der Waals surface area contributed by atoms with Crippen LogP contribution in [0.1, 0.15) is 42.7 Å². The summed E-state index contributed by atoms with van der Waals surface area (Å²) in [6, 6.07) is 4.20. The van der Waals surface area contributed by atoms with E-state index in [0.717, 1.165) is 29.7 Å². The van der Waals surface area contributed by atoms with Crippen LogP contribution in [0.2, 0.25) is 0 Å². The molecule has 0 aliphatic carbocycles. The second kappa shape index (κ2) is 9.97. The molecular formula is C23H25F5N3O5+. The van der Waals surface area contributed by atoms with Gasteiger partial charge in [-0.1, -0.05) is 13.0 Å². The van der Waals surface area contributed by atoms with E-state index in [2.05, 4.69) is 5.32 Å². The molecule has 0 spiro atoms. The molecule has 1 aliphatic heterocycles. The molecule has 1 aromatic carbocycles. The van der Waals surface area contributed by atoms with E-state index in [9.17, 15) is 36.6 Å². The summed E-state index contributed by atoms with van der Waals surface area (Å²) in [6.45, 7) is 2.74. The molecule has 2 heterocycles. The normalized spacial score (nSPS) is 24.0. The number of hydrogen-bond acceptors (Lipinski definition) is 5. The maximum absolute atomic E-state index is 14.6. The summed E-state index contributed by atoms with van der Waals surface area (Å²) in [6.07, 6.45) is -5.49. The molecule has 4 atom stereocenters. The van der Waals surface area contributed by atoms with E-state index in [1.54, 1.807) is 0 Å². The number of primary amides is 1. The van der Waals surface area contributed by atoms with Crippen molar-refractivity contribution in [3.63, 3.8) is 0 Å². The standard InChI is InChI=1S/C23H24F5N3O5/c1-4-35-18-13(5-6-14(24)17(18)25)16-11(2)22(3,23(26,27)28)36-19(16)21(34)30-12-7-8-31(10-32)15(9-12)20(29)33/h5-9,11,16,19,32H,4,10H2,1-3H3,(H2,29,33)/p+1/t11-,16-,19+,22+/m0/s1. The second-order valence-corrected chi connectivity index (χ2v) is 8.44. The zero-order valence-electron chi connectivity index (χ0n) is 19.5. The van der Waals surface area contributed by atoms with Crippen LogP contribution < -0.4 is 20.4 Å². The van der Waals surface area contributed by atoms with E-state index in [-0.39, 0.29) is 23.6 Å². The Labute approximate surface area is 202 Å². The van der Waals surface area contributed by atoms with Gasteiger partial charge in [-0.05, 0) is 19.9 Å². The van der Waals surface area contributed by atoms with Gasteiger partial charge in [0.25, 0.3) is 18.3 Å². The largest absolute Gasteiger partial charge is 0.490 e. The van der Waals surface area contributed by atoms with Gasteiger partial charge in [-0.3, -0.25) is 9.59 Å². The van der Waals surface area contributed by atoms with Gasteiger partial charge in [-0.2, -0.15) is 22.1 Å². The van der Waals surface area contributed by atoms with Crippen LogP contribution in [0.25, 0.3) is 0 Å². The lowest BCUT2D eigenvalue weighted by Gasteiger charge is -2.32. The van der Waals surface area contributed by atoms with Crippen molar-refractivity contribution in [3.8, 4) is 5.75 Å². The molecule has 0 bridgehead atoms. The molecule has 2 aromatic rings. The average molecular weight is 518 g/mol. The SMILES string of the molecule is CCOc1c([C@H]2[C@H](C(=O)Nc3cc[n+](CO)c(C(N)=O)c3)O[C@@](C)(C(F)(F)F)[C@H]2C)ccc(F)c1F. The number of halogens is 5. The van der Waals surface area contributed by atoms with Gasteiger partial charge < -0.3 is 25.6 Å². The molecule has 0 radical (unpaired) electrons. The summed E-state index contributed by atoms with van der Waals surface area (Å²) in [5, 5.41) is 11.7. The average Bonchev–Trinajstić information content (AvgIpc) is 3.09. The minimum Gasteiger partial charge on any atom is -0.490 e. The number of carbonyl (C=O) groups excluding carboxylic acids is 2. The van der Waals surface area contributed by atoms with Gasteiger partial charge in [0.05, 0.1) is 12.3 Å². The summed E-state index contributed by atoms with van der Waals surface area (Å²) in [5.41, 5.74) is 2.08. The summed E-state index contributed by atoms with van der Waals surface area (Å²) >= 11 is 0. The van der Waals surface area contributed by atoms with Crippen molar-refractivity contribution >= 4 is 17.5 Å². The Bertz CT molecular complexity index is 1180. The number of rotatable bonds is 7. The van der Waals surface area contributed by atoms with Crippen LogP contribution in [0.3, 0.4) is 0 Å². The first kappa shape index (κ1) is 27.3. The van der Waals surface area contributed by atoms with E-state index in [1.807, 2.05) is 0 Å². The van der Waals surface area contributed by atoms with Crippen LogP contribution in [0, 0.1) is 17.6 Å². The van der Waals surface area contributed by atoms with Crippen molar-refractivity contribution in [3.05, 3.63) is 53.4 Å². The highest BCUT2D eigenvalue weighted by molar-refractivity contribution is 5.97. The molecule has 8 nitrogen and oxygen atoms in total. The maximum atomic E-state index is 14.6. The topological polar surface area (TPSA) is 115 Å². The highest BCUT2D eigenvalue weighted by Gasteiger charge is 2.66. The summed E-state index contributed by atoms with van der Waals surface area (Å²) in [7, 11) is 0. The molecular weight excluding hydrogens is 493 g/mol. The number of aliphatic hydroxyl groups is 1. The lowest BCUT2D eigenvalue weighted by Crippen LogP contribution is -2.47. The van der Waals surface area contributed by atoms with Crippen molar-refractivity contribution in [2.75, 3.05) is 11.9 Å². The lowest BCUT2D eigenvalue weighted by atomic mass is 9.77. The Kier molecular flexibility index (Phi) is 7.55. The molecule has 0 saturated carbocycles. The highest BCUT2D eigenvalue weighted by Crippen LogP contribution is 2.55. The fourth-order valence-electron chi connectivity index (χ4n) is 4.28. The number of benzene rings is 1. The molecule has 13 heteroatoms. The summed E-state index contributed by atoms with van der Waals surface area (Å²) in [4.78, 5) is 24.9. The number of hydrogen-bond donors (Lipinski definition) is 3. The molecule has 1 saturated heterocycles. The number of anilines is 1. The van der Waals surface area contributed by atoms with Gasteiger partial charge in [0.15, 0.2) is 23.4 Å². The van der Waals surface area contributed by atoms with E-state index in [1.165, 1.54) is 26.1 Å². The second-order valence-electron chi connectivity index (χ2n) is 8.44. The van der Waals surface area contributed by atoms with Crippen molar-refractivity contribution in [1.29, 1.82) is 0 Å². The number of alkyl halides is 3. The van der Waals surface area contributed by atoms with Crippen LogP contribution in [0.15, 0.2) is 30.5 Å². The third-order valence-electron chi connectivity index (χ3n) is 6.36. The number of amides is 2.